The zero-order valence-electron chi connectivity index (χ0n) is 11.1. The van der Waals surface area contributed by atoms with Crippen LogP contribution >= 0.6 is 11.3 Å². The van der Waals surface area contributed by atoms with Crippen LogP contribution in [-0.2, 0) is 0 Å². The topological polar surface area (TPSA) is 68.0 Å². The van der Waals surface area contributed by atoms with Gasteiger partial charge in [-0.05, 0) is 24.3 Å². The van der Waals surface area contributed by atoms with Crippen molar-refractivity contribution in [2.24, 2.45) is 0 Å². The van der Waals surface area contributed by atoms with E-state index in [4.69, 9.17) is 5.73 Å². The van der Waals surface area contributed by atoms with E-state index in [2.05, 4.69) is 10.3 Å². The number of carbonyl (C=O) groups excluding carboxylic acids is 1. The number of hydrogen-bond donors (Lipinski definition) is 2. The zero-order valence-corrected chi connectivity index (χ0v) is 11.9. The molecule has 1 amide bonds. The normalized spacial score (nSPS) is 10.3. The van der Waals surface area contributed by atoms with E-state index in [1.165, 1.54) is 11.3 Å². The summed E-state index contributed by atoms with van der Waals surface area (Å²) in [7, 11) is 0. The van der Waals surface area contributed by atoms with Gasteiger partial charge in [0.1, 0.15) is 0 Å². The second kappa shape index (κ2) is 5.76. The number of nitrogens with two attached hydrogens (primary N) is 1. The number of hydrogen-bond acceptors (Lipinski definition) is 4. The number of carbonyl (C=O) groups is 1. The van der Waals surface area contributed by atoms with Crippen LogP contribution in [0.5, 0.6) is 0 Å². The molecule has 0 aliphatic heterocycles. The SMILES string of the molecule is Nc1ccc(-c2csc(NC(=O)c3ccccc3)n2)cc1. The van der Waals surface area contributed by atoms with Gasteiger partial charge in [0, 0.05) is 22.2 Å². The first-order chi connectivity index (χ1) is 10.2. The number of rotatable bonds is 3. The maximum atomic E-state index is 12.0. The van der Waals surface area contributed by atoms with E-state index in [1.807, 2.05) is 47.8 Å². The molecule has 21 heavy (non-hydrogen) atoms. The molecule has 5 heteroatoms. The van der Waals surface area contributed by atoms with Crippen molar-refractivity contribution in [3.8, 4) is 11.3 Å². The van der Waals surface area contributed by atoms with E-state index >= 15 is 0 Å². The molecule has 3 aromatic rings. The summed E-state index contributed by atoms with van der Waals surface area (Å²) in [5.41, 5.74) is 8.79. The fourth-order valence-corrected chi connectivity index (χ4v) is 2.59. The van der Waals surface area contributed by atoms with Crippen molar-refractivity contribution in [2.45, 2.75) is 0 Å². The third-order valence-corrected chi connectivity index (χ3v) is 3.72. The molecular formula is C16H13N3OS. The van der Waals surface area contributed by atoms with Crippen LogP contribution in [0, 0.1) is 0 Å². The second-order valence-corrected chi connectivity index (χ2v) is 5.34. The molecule has 1 aromatic heterocycles. The summed E-state index contributed by atoms with van der Waals surface area (Å²) in [4.78, 5) is 16.5. The van der Waals surface area contributed by atoms with Crippen LogP contribution in [0.4, 0.5) is 10.8 Å². The van der Waals surface area contributed by atoms with Crippen LogP contribution in [-0.4, -0.2) is 10.9 Å². The Morgan fingerprint density at radius 1 is 1.05 bits per heavy atom. The van der Waals surface area contributed by atoms with E-state index in [9.17, 15) is 4.79 Å². The molecule has 0 radical (unpaired) electrons. The average Bonchev–Trinajstić information content (AvgIpc) is 2.97. The molecule has 0 spiro atoms. The summed E-state index contributed by atoms with van der Waals surface area (Å²) in [6, 6.07) is 16.5. The molecule has 104 valence electrons. The van der Waals surface area contributed by atoms with Crippen LogP contribution in [0.2, 0.25) is 0 Å². The van der Waals surface area contributed by atoms with Crippen molar-refractivity contribution >= 4 is 28.1 Å². The summed E-state index contributed by atoms with van der Waals surface area (Å²) in [6.07, 6.45) is 0. The number of nitrogens with zero attached hydrogens (tertiary/aromatic N) is 1. The minimum atomic E-state index is -0.159. The van der Waals surface area contributed by atoms with Crippen molar-refractivity contribution in [1.29, 1.82) is 0 Å². The molecule has 0 fully saturated rings. The van der Waals surface area contributed by atoms with E-state index in [0.717, 1.165) is 11.3 Å². The molecule has 0 atom stereocenters. The van der Waals surface area contributed by atoms with Crippen molar-refractivity contribution in [2.75, 3.05) is 11.1 Å². The number of benzene rings is 2. The lowest BCUT2D eigenvalue weighted by Crippen LogP contribution is -2.11. The van der Waals surface area contributed by atoms with Crippen LogP contribution in [0.3, 0.4) is 0 Å². The molecular weight excluding hydrogens is 282 g/mol. The van der Waals surface area contributed by atoms with Crippen molar-refractivity contribution in [3.63, 3.8) is 0 Å². The molecule has 1 heterocycles. The number of anilines is 2. The Labute approximate surface area is 126 Å². The van der Waals surface area contributed by atoms with Gasteiger partial charge in [0.2, 0.25) is 0 Å². The van der Waals surface area contributed by atoms with Crippen molar-refractivity contribution in [1.82, 2.24) is 4.98 Å². The molecule has 0 unspecified atom stereocenters. The van der Waals surface area contributed by atoms with Crippen molar-refractivity contribution < 1.29 is 4.79 Å². The van der Waals surface area contributed by atoms with Gasteiger partial charge >= 0.3 is 0 Å². The Morgan fingerprint density at radius 3 is 2.48 bits per heavy atom. The lowest BCUT2D eigenvalue weighted by molar-refractivity contribution is 0.102. The van der Waals surface area contributed by atoms with Gasteiger partial charge in [-0.2, -0.15) is 0 Å². The van der Waals surface area contributed by atoms with Gasteiger partial charge in [-0.15, -0.1) is 11.3 Å². The van der Waals surface area contributed by atoms with Gasteiger partial charge in [0.25, 0.3) is 5.91 Å². The number of nitrogen functional groups attached to an aromatic ring is 1. The summed E-state index contributed by atoms with van der Waals surface area (Å²) in [5.74, 6) is -0.159. The average molecular weight is 295 g/mol. The highest BCUT2D eigenvalue weighted by molar-refractivity contribution is 7.14. The first-order valence-corrected chi connectivity index (χ1v) is 7.28. The van der Waals surface area contributed by atoms with Gasteiger partial charge in [0.05, 0.1) is 5.69 Å². The van der Waals surface area contributed by atoms with E-state index in [0.29, 0.717) is 16.4 Å². The summed E-state index contributed by atoms with van der Waals surface area (Å²) < 4.78 is 0. The van der Waals surface area contributed by atoms with Crippen molar-refractivity contribution in [3.05, 3.63) is 65.5 Å². The van der Waals surface area contributed by atoms with Gasteiger partial charge < -0.3 is 5.73 Å². The Bertz CT molecular complexity index is 751. The molecule has 2 aromatic carbocycles. The van der Waals surface area contributed by atoms with E-state index in [1.54, 1.807) is 12.1 Å². The quantitative estimate of drug-likeness (QED) is 0.725. The zero-order chi connectivity index (χ0) is 14.7. The Kier molecular flexibility index (Phi) is 3.66. The summed E-state index contributed by atoms with van der Waals surface area (Å²) in [5, 5.41) is 5.29. The standard InChI is InChI=1S/C16H13N3OS/c17-13-8-6-11(7-9-13)14-10-21-16(18-14)19-15(20)12-4-2-1-3-5-12/h1-10H,17H2,(H,18,19,20). The number of nitrogens with one attached hydrogen (secondary N) is 1. The van der Waals surface area contributed by atoms with Gasteiger partial charge in [0.15, 0.2) is 5.13 Å². The Balaban J connectivity index is 1.76. The second-order valence-electron chi connectivity index (χ2n) is 4.48. The van der Waals surface area contributed by atoms with Crippen LogP contribution in [0.15, 0.2) is 60.0 Å². The maximum absolute atomic E-state index is 12.0. The van der Waals surface area contributed by atoms with Gasteiger partial charge in [-0.3, -0.25) is 10.1 Å². The molecule has 0 aliphatic rings. The number of thiazole rings is 1. The minimum Gasteiger partial charge on any atom is -0.399 e. The van der Waals surface area contributed by atoms with E-state index in [-0.39, 0.29) is 5.91 Å². The largest absolute Gasteiger partial charge is 0.399 e. The highest BCUT2D eigenvalue weighted by Gasteiger charge is 2.09. The molecule has 0 aliphatic carbocycles. The smallest absolute Gasteiger partial charge is 0.257 e. The fraction of sp³-hybridized carbons (Fsp3) is 0. The number of amides is 1. The van der Waals surface area contributed by atoms with Gasteiger partial charge in [-0.1, -0.05) is 30.3 Å². The van der Waals surface area contributed by atoms with Crippen LogP contribution in [0.1, 0.15) is 10.4 Å². The molecule has 0 saturated carbocycles. The Hall–Kier alpha value is -2.66. The third kappa shape index (κ3) is 3.09. The lowest BCUT2D eigenvalue weighted by Gasteiger charge is -2.01. The molecule has 3 rings (SSSR count). The fourth-order valence-electron chi connectivity index (χ4n) is 1.88. The monoisotopic (exact) mass is 295 g/mol. The first kappa shape index (κ1) is 13.3. The first-order valence-electron chi connectivity index (χ1n) is 6.40. The predicted molar refractivity (Wildman–Crippen MR) is 86.4 cm³/mol. The summed E-state index contributed by atoms with van der Waals surface area (Å²) >= 11 is 1.40. The molecule has 3 N–H and O–H groups in total. The summed E-state index contributed by atoms with van der Waals surface area (Å²) in [6.45, 7) is 0. The third-order valence-electron chi connectivity index (χ3n) is 2.97. The molecule has 0 saturated heterocycles. The minimum absolute atomic E-state index is 0.159. The molecule has 4 nitrogen and oxygen atoms in total. The predicted octanol–water partition coefficient (Wildman–Crippen LogP) is 3.64. The van der Waals surface area contributed by atoms with Gasteiger partial charge in [-0.25, -0.2) is 4.98 Å². The van der Waals surface area contributed by atoms with E-state index < -0.39 is 0 Å². The Morgan fingerprint density at radius 2 is 1.76 bits per heavy atom. The van der Waals surface area contributed by atoms with Crippen LogP contribution < -0.4 is 11.1 Å². The highest BCUT2D eigenvalue weighted by Crippen LogP contribution is 2.25. The molecule has 0 bridgehead atoms. The van der Waals surface area contributed by atoms with Crippen LogP contribution in [0.25, 0.3) is 11.3 Å². The number of aromatic nitrogens is 1. The maximum Gasteiger partial charge on any atom is 0.257 e. The lowest BCUT2D eigenvalue weighted by atomic mass is 10.1. The highest BCUT2D eigenvalue weighted by atomic mass is 32.1.